The van der Waals surface area contributed by atoms with Gasteiger partial charge in [0.1, 0.15) is 5.82 Å². The Labute approximate surface area is 140 Å². The smallest absolute Gasteiger partial charge is 0.323 e. The summed E-state index contributed by atoms with van der Waals surface area (Å²) in [6, 6.07) is 8.52. The van der Waals surface area contributed by atoms with Gasteiger partial charge in [0.2, 0.25) is 5.82 Å². The van der Waals surface area contributed by atoms with Crippen molar-refractivity contribution in [2.45, 2.75) is 6.42 Å². The Morgan fingerprint density at radius 2 is 2.08 bits per heavy atom. The van der Waals surface area contributed by atoms with Crippen LogP contribution in [0.5, 0.6) is 0 Å². The third-order valence-electron chi connectivity index (χ3n) is 3.70. The van der Waals surface area contributed by atoms with E-state index in [1.165, 1.54) is 0 Å². The molecule has 0 spiro atoms. The molecule has 0 aliphatic carbocycles. The molecule has 0 unspecified atom stereocenters. The van der Waals surface area contributed by atoms with E-state index in [9.17, 15) is 9.59 Å². The summed E-state index contributed by atoms with van der Waals surface area (Å²) in [7, 11) is 0. The van der Waals surface area contributed by atoms with Gasteiger partial charge in [0, 0.05) is 18.5 Å². The van der Waals surface area contributed by atoms with Crippen molar-refractivity contribution < 1.29 is 9.21 Å². The van der Waals surface area contributed by atoms with Gasteiger partial charge < -0.3 is 19.7 Å². The van der Waals surface area contributed by atoms with Crippen LogP contribution in [-0.2, 0) is 6.42 Å². The van der Waals surface area contributed by atoms with Gasteiger partial charge in [-0.25, -0.2) is 9.78 Å². The maximum atomic E-state index is 12.2. The number of hydrogen-bond donors (Lipinski definition) is 4. The molecule has 4 rings (SSSR count). The molecule has 0 atom stereocenters. The minimum Gasteiger partial charge on any atom is -0.461 e. The molecular weight excluding hydrogens is 324 g/mol. The highest BCUT2D eigenvalue weighted by molar-refractivity contribution is 5.97. The summed E-state index contributed by atoms with van der Waals surface area (Å²) in [5, 5.41) is 9.70. The first kappa shape index (κ1) is 14.9. The average Bonchev–Trinajstić information content (AvgIpc) is 3.33. The molecule has 3 heterocycles. The Balaban J connectivity index is 1.37. The zero-order chi connectivity index (χ0) is 17.2. The molecule has 0 aliphatic heterocycles. The lowest BCUT2D eigenvalue weighted by molar-refractivity contribution is 0.0954. The van der Waals surface area contributed by atoms with E-state index in [2.05, 4.69) is 30.5 Å². The Morgan fingerprint density at radius 1 is 1.20 bits per heavy atom. The minimum atomic E-state index is -0.301. The average molecular weight is 338 g/mol. The van der Waals surface area contributed by atoms with Gasteiger partial charge in [0.15, 0.2) is 5.76 Å². The molecule has 4 N–H and O–H groups in total. The second-order valence-electron chi connectivity index (χ2n) is 5.43. The van der Waals surface area contributed by atoms with E-state index >= 15 is 0 Å². The first-order valence-electron chi connectivity index (χ1n) is 7.64. The Bertz CT molecular complexity index is 1070. The zero-order valence-corrected chi connectivity index (χ0v) is 13.0. The molecule has 0 saturated carbocycles. The molecule has 1 amide bonds. The molecule has 4 aromatic rings. The van der Waals surface area contributed by atoms with Gasteiger partial charge in [0.05, 0.1) is 17.3 Å². The second-order valence-corrected chi connectivity index (χ2v) is 5.43. The second kappa shape index (κ2) is 6.11. The van der Waals surface area contributed by atoms with Crippen LogP contribution in [0.15, 0.2) is 45.8 Å². The predicted octanol–water partition coefficient (Wildman–Crippen LogP) is 1.21. The number of nitrogens with zero attached hydrogens (tertiary/aromatic N) is 2. The number of rotatable bonds is 5. The van der Waals surface area contributed by atoms with Gasteiger partial charge in [-0.2, -0.15) is 5.10 Å². The predicted molar refractivity (Wildman–Crippen MR) is 89.0 cm³/mol. The number of carbonyl (C=O) groups excluding carboxylic acids is 1. The molecule has 9 nitrogen and oxygen atoms in total. The van der Waals surface area contributed by atoms with Crippen LogP contribution < -0.4 is 11.0 Å². The fourth-order valence-electron chi connectivity index (χ4n) is 2.49. The molecule has 126 valence electrons. The van der Waals surface area contributed by atoms with Crippen molar-refractivity contribution in [2.24, 2.45) is 0 Å². The van der Waals surface area contributed by atoms with E-state index in [-0.39, 0.29) is 11.6 Å². The molecule has 3 aromatic heterocycles. The fourth-order valence-corrected chi connectivity index (χ4v) is 2.49. The van der Waals surface area contributed by atoms with Crippen molar-refractivity contribution in [2.75, 3.05) is 6.54 Å². The first-order chi connectivity index (χ1) is 12.2. The number of carbonyl (C=O) groups is 1. The molecule has 0 radical (unpaired) electrons. The number of fused-ring (bicyclic) bond motifs is 1. The van der Waals surface area contributed by atoms with Crippen molar-refractivity contribution in [3.8, 4) is 11.6 Å². The number of aromatic nitrogens is 5. The molecule has 0 saturated heterocycles. The summed E-state index contributed by atoms with van der Waals surface area (Å²) in [4.78, 5) is 33.0. The fraction of sp³-hybridized carbons (Fsp3) is 0.125. The third kappa shape index (κ3) is 3.07. The number of amides is 1. The van der Waals surface area contributed by atoms with Crippen LogP contribution in [0.4, 0.5) is 0 Å². The maximum Gasteiger partial charge on any atom is 0.323 e. The number of benzene rings is 1. The topological polar surface area (TPSA) is 132 Å². The summed E-state index contributed by atoms with van der Waals surface area (Å²) in [6.07, 6.45) is 2.06. The largest absolute Gasteiger partial charge is 0.461 e. The van der Waals surface area contributed by atoms with Gasteiger partial charge in [-0.05, 0) is 30.3 Å². The van der Waals surface area contributed by atoms with Crippen LogP contribution in [0, 0.1) is 0 Å². The molecular formula is C16H14N6O3. The summed E-state index contributed by atoms with van der Waals surface area (Å²) < 4.78 is 5.23. The molecule has 25 heavy (non-hydrogen) atoms. The Morgan fingerprint density at radius 3 is 2.92 bits per heavy atom. The molecule has 0 fully saturated rings. The molecule has 1 aromatic carbocycles. The zero-order valence-electron chi connectivity index (χ0n) is 13.0. The van der Waals surface area contributed by atoms with Crippen molar-refractivity contribution >= 4 is 16.9 Å². The van der Waals surface area contributed by atoms with Gasteiger partial charge >= 0.3 is 5.69 Å². The number of imidazole rings is 1. The van der Waals surface area contributed by atoms with Crippen LogP contribution in [0.2, 0.25) is 0 Å². The highest BCUT2D eigenvalue weighted by Crippen LogP contribution is 2.14. The van der Waals surface area contributed by atoms with Crippen molar-refractivity contribution in [3.63, 3.8) is 0 Å². The van der Waals surface area contributed by atoms with E-state index in [1.807, 2.05) is 0 Å². The van der Waals surface area contributed by atoms with Crippen LogP contribution >= 0.6 is 0 Å². The first-order valence-corrected chi connectivity index (χ1v) is 7.64. The highest BCUT2D eigenvalue weighted by Gasteiger charge is 2.10. The SMILES string of the molecule is O=C(NCCc1nc(-c2ccco2)n[nH]1)c1ccc2[nH]c(=O)[nH]c2c1. The molecule has 0 aliphatic rings. The summed E-state index contributed by atoms with van der Waals surface area (Å²) >= 11 is 0. The highest BCUT2D eigenvalue weighted by atomic mass is 16.3. The monoisotopic (exact) mass is 338 g/mol. The van der Waals surface area contributed by atoms with Gasteiger partial charge in [-0.15, -0.1) is 0 Å². The van der Waals surface area contributed by atoms with Crippen LogP contribution in [0.25, 0.3) is 22.6 Å². The van der Waals surface area contributed by atoms with E-state index in [1.54, 1.807) is 36.6 Å². The van der Waals surface area contributed by atoms with E-state index in [4.69, 9.17) is 4.42 Å². The Kier molecular flexibility index (Phi) is 3.65. The van der Waals surface area contributed by atoms with Crippen LogP contribution in [0.3, 0.4) is 0 Å². The number of furan rings is 1. The quantitative estimate of drug-likeness (QED) is 0.434. The maximum absolute atomic E-state index is 12.2. The lowest BCUT2D eigenvalue weighted by Crippen LogP contribution is -2.25. The van der Waals surface area contributed by atoms with Crippen molar-refractivity contribution in [1.29, 1.82) is 0 Å². The van der Waals surface area contributed by atoms with Gasteiger partial charge in [0.25, 0.3) is 5.91 Å². The van der Waals surface area contributed by atoms with Crippen molar-refractivity contribution in [3.05, 3.63) is 58.5 Å². The molecule has 9 heteroatoms. The lowest BCUT2D eigenvalue weighted by Gasteiger charge is -2.04. The number of hydrogen-bond acceptors (Lipinski definition) is 5. The summed E-state index contributed by atoms with van der Waals surface area (Å²) in [6.45, 7) is 0.396. The third-order valence-corrected chi connectivity index (χ3v) is 3.70. The normalized spacial score (nSPS) is 11.0. The number of aromatic amines is 3. The standard InChI is InChI=1S/C16H14N6O3/c23-15(9-3-4-10-11(8-9)19-16(24)18-10)17-6-5-13-20-14(22-21-13)12-2-1-7-25-12/h1-4,7-8H,5-6H2,(H,17,23)(H2,18,19,24)(H,20,21,22). The van der Waals surface area contributed by atoms with E-state index in [0.717, 1.165) is 0 Å². The van der Waals surface area contributed by atoms with E-state index in [0.29, 0.717) is 47.0 Å². The lowest BCUT2D eigenvalue weighted by atomic mass is 10.2. The van der Waals surface area contributed by atoms with Crippen LogP contribution in [-0.4, -0.2) is 37.6 Å². The van der Waals surface area contributed by atoms with E-state index < -0.39 is 0 Å². The van der Waals surface area contributed by atoms with Crippen LogP contribution in [0.1, 0.15) is 16.2 Å². The van der Waals surface area contributed by atoms with Crippen molar-refractivity contribution in [1.82, 2.24) is 30.5 Å². The van der Waals surface area contributed by atoms with Gasteiger partial charge in [-0.1, -0.05) is 0 Å². The number of nitrogens with one attached hydrogen (secondary N) is 4. The summed E-state index contributed by atoms with van der Waals surface area (Å²) in [5.41, 5.74) is 1.42. The minimum absolute atomic E-state index is 0.227. The molecule has 0 bridgehead atoms. The Hall–Kier alpha value is -3.62. The number of H-pyrrole nitrogens is 3. The summed E-state index contributed by atoms with van der Waals surface area (Å²) in [5.74, 6) is 1.49. The van der Waals surface area contributed by atoms with Gasteiger partial charge in [-0.3, -0.25) is 9.89 Å².